The molecule has 0 saturated heterocycles. The molecule has 2 aromatic rings. The first kappa shape index (κ1) is 19.3. The van der Waals surface area contributed by atoms with E-state index in [0.717, 1.165) is 11.3 Å². The number of halogens is 2. The number of anilines is 1. The SMILES string of the molecule is Cc1ccoc1C(=O)Nc1ccc(F)c([C@]2(C)CCSC(N)=N2)c1.Cl. The Morgan fingerprint density at radius 1 is 1.44 bits per heavy atom. The van der Waals surface area contributed by atoms with Crippen LogP contribution in [0.3, 0.4) is 0 Å². The van der Waals surface area contributed by atoms with Crippen molar-refractivity contribution < 1.29 is 13.6 Å². The number of nitrogens with zero attached hydrogens (tertiary/aromatic N) is 1. The minimum atomic E-state index is -0.735. The van der Waals surface area contributed by atoms with Crippen molar-refractivity contribution in [3.05, 3.63) is 53.2 Å². The smallest absolute Gasteiger partial charge is 0.291 e. The fraction of sp³-hybridized carbons (Fsp3) is 0.294. The standard InChI is InChI=1S/C17H18FN3O2S.ClH/c1-10-5-7-23-14(10)15(22)20-11-3-4-13(18)12(9-11)17(2)6-8-24-16(19)21-17;/h3-5,7,9H,6,8H2,1-2H3,(H2,19,21)(H,20,22);1H/t17-;/m0./s1. The van der Waals surface area contributed by atoms with E-state index in [0.29, 0.717) is 22.8 Å². The molecule has 1 aliphatic rings. The lowest BCUT2D eigenvalue weighted by Crippen LogP contribution is -2.29. The zero-order valence-electron chi connectivity index (χ0n) is 13.8. The molecule has 3 N–H and O–H groups in total. The van der Waals surface area contributed by atoms with Gasteiger partial charge in [-0.3, -0.25) is 9.79 Å². The molecule has 0 bridgehead atoms. The number of hydrogen-bond donors (Lipinski definition) is 2. The van der Waals surface area contributed by atoms with Gasteiger partial charge in [-0.05, 0) is 44.5 Å². The fourth-order valence-corrected chi connectivity index (χ4v) is 3.66. The van der Waals surface area contributed by atoms with Crippen LogP contribution >= 0.6 is 24.2 Å². The number of thioether (sulfide) groups is 1. The number of carbonyl (C=O) groups excluding carboxylic acids is 1. The van der Waals surface area contributed by atoms with Gasteiger partial charge < -0.3 is 15.5 Å². The number of amidine groups is 1. The van der Waals surface area contributed by atoms with Gasteiger partial charge in [-0.1, -0.05) is 11.8 Å². The van der Waals surface area contributed by atoms with Crippen molar-refractivity contribution in [3.8, 4) is 0 Å². The van der Waals surface area contributed by atoms with Gasteiger partial charge in [0, 0.05) is 22.6 Å². The highest BCUT2D eigenvalue weighted by molar-refractivity contribution is 8.13. The van der Waals surface area contributed by atoms with E-state index in [-0.39, 0.29) is 29.9 Å². The first-order chi connectivity index (χ1) is 11.4. The summed E-state index contributed by atoms with van der Waals surface area (Å²) in [5.74, 6) is 0.270. The summed E-state index contributed by atoms with van der Waals surface area (Å²) in [4.78, 5) is 16.7. The third kappa shape index (κ3) is 3.99. The highest BCUT2D eigenvalue weighted by Crippen LogP contribution is 2.37. The number of aryl methyl sites for hydroxylation is 1. The Morgan fingerprint density at radius 3 is 2.84 bits per heavy atom. The maximum absolute atomic E-state index is 14.4. The summed E-state index contributed by atoms with van der Waals surface area (Å²) in [5.41, 5.74) is 6.71. The van der Waals surface area contributed by atoms with E-state index in [1.165, 1.54) is 30.2 Å². The molecule has 0 aliphatic carbocycles. The third-order valence-corrected chi connectivity index (χ3v) is 4.86. The summed E-state index contributed by atoms with van der Waals surface area (Å²) in [6, 6.07) is 6.17. The van der Waals surface area contributed by atoms with Gasteiger partial charge in [0.05, 0.1) is 11.8 Å². The average molecular weight is 384 g/mol. The van der Waals surface area contributed by atoms with Crippen LogP contribution in [0.15, 0.2) is 39.9 Å². The van der Waals surface area contributed by atoms with Crippen LogP contribution in [-0.4, -0.2) is 16.8 Å². The Labute approximate surface area is 155 Å². The summed E-state index contributed by atoms with van der Waals surface area (Å²) in [6.07, 6.45) is 2.13. The van der Waals surface area contributed by atoms with E-state index in [1.807, 2.05) is 6.92 Å². The summed E-state index contributed by atoms with van der Waals surface area (Å²) >= 11 is 1.46. The maximum Gasteiger partial charge on any atom is 0.291 e. The van der Waals surface area contributed by atoms with Crippen LogP contribution in [0.25, 0.3) is 0 Å². The highest BCUT2D eigenvalue weighted by Gasteiger charge is 2.32. The monoisotopic (exact) mass is 383 g/mol. The van der Waals surface area contributed by atoms with Crippen molar-refractivity contribution in [2.45, 2.75) is 25.8 Å². The molecule has 0 unspecified atom stereocenters. The minimum Gasteiger partial charge on any atom is -0.459 e. The first-order valence-electron chi connectivity index (χ1n) is 7.53. The lowest BCUT2D eigenvalue weighted by Gasteiger charge is -2.30. The lowest BCUT2D eigenvalue weighted by atomic mass is 9.89. The Bertz CT molecular complexity index is 824. The summed E-state index contributed by atoms with van der Waals surface area (Å²) < 4.78 is 19.5. The van der Waals surface area contributed by atoms with Gasteiger partial charge in [0.1, 0.15) is 5.82 Å². The minimum absolute atomic E-state index is 0. The maximum atomic E-state index is 14.4. The van der Waals surface area contributed by atoms with Gasteiger partial charge in [-0.2, -0.15) is 0 Å². The number of nitrogens with two attached hydrogens (primary N) is 1. The van der Waals surface area contributed by atoms with Crippen molar-refractivity contribution in [3.63, 3.8) is 0 Å². The quantitative estimate of drug-likeness (QED) is 0.837. The summed E-state index contributed by atoms with van der Waals surface area (Å²) in [6.45, 7) is 3.63. The van der Waals surface area contributed by atoms with Crippen LogP contribution in [-0.2, 0) is 5.54 Å². The van der Waals surface area contributed by atoms with Gasteiger partial charge in [0.2, 0.25) is 0 Å². The second-order valence-electron chi connectivity index (χ2n) is 5.90. The van der Waals surface area contributed by atoms with E-state index < -0.39 is 5.54 Å². The number of aliphatic imine (C=N–C) groups is 1. The van der Waals surface area contributed by atoms with Crippen LogP contribution in [0.4, 0.5) is 10.1 Å². The predicted octanol–water partition coefficient (Wildman–Crippen LogP) is 4.07. The number of benzene rings is 1. The molecule has 0 fully saturated rings. The molecule has 134 valence electrons. The van der Waals surface area contributed by atoms with Gasteiger partial charge in [0.25, 0.3) is 5.91 Å². The molecule has 1 amide bonds. The van der Waals surface area contributed by atoms with E-state index in [1.54, 1.807) is 19.1 Å². The first-order valence-corrected chi connectivity index (χ1v) is 8.51. The van der Waals surface area contributed by atoms with E-state index in [9.17, 15) is 9.18 Å². The van der Waals surface area contributed by atoms with Crippen LogP contribution in [0.5, 0.6) is 0 Å². The molecule has 2 heterocycles. The van der Waals surface area contributed by atoms with Crippen molar-refractivity contribution >= 4 is 40.9 Å². The molecular weight excluding hydrogens is 365 g/mol. The Morgan fingerprint density at radius 2 is 2.20 bits per heavy atom. The molecule has 3 rings (SSSR count). The van der Waals surface area contributed by atoms with Crippen LogP contribution < -0.4 is 11.1 Å². The zero-order valence-corrected chi connectivity index (χ0v) is 15.5. The van der Waals surface area contributed by atoms with Crippen molar-refractivity contribution in [2.75, 3.05) is 11.1 Å². The number of hydrogen-bond acceptors (Lipinski definition) is 5. The molecule has 0 radical (unpaired) electrons. The highest BCUT2D eigenvalue weighted by atomic mass is 35.5. The summed E-state index contributed by atoms with van der Waals surface area (Å²) in [7, 11) is 0. The van der Waals surface area contributed by atoms with Crippen molar-refractivity contribution in [2.24, 2.45) is 10.7 Å². The summed E-state index contributed by atoms with van der Waals surface area (Å²) in [5, 5.41) is 3.18. The number of furan rings is 1. The van der Waals surface area contributed by atoms with Crippen LogP contribution in [0.1, 0.15) is 35.0 Å². The number of nitrogens with one attached hydrogen (secondary N) is 1. The molecule has 1 aliphatic heterocycles. The molecule has 0 saturated carbocycles. The molecule has 5 nitrogen and oxygen atoms in total. The van der Waals surface area contributed by atoms with Crippen LogP contribution in [0, 0.1) is 12.7 Å². The Hall–Kier alpha value is -1.99. The molecular formula is C17H19ClFN3O2S. The van der Waals surface area contributed by atoms with E-state index in [4.69, 9.17) is 10.2 Å². The topological polar surface area (TPSA) is 80.6 Å². The van der Waals surface area contributed by atoms with Crippen LogP contribution in [0.2, 0.25) is 0 Å². The van der Waals surface area contributed by atoms with Crippen molar-refractivity contribution in [1.29, 1.82) is 0 Å². The number of rotatable bonds is 3. The fourth-order valence-electron chi connectivity index (χ4n) is 2.69. The molecule has 1 aromatic heterocycles. The molecule has 1 aromatic carbocycles. The third-order valence-electron chi connectivity index (χ3n) is 4.07. The normalized spacial score (nSPS) is 19.7. The Kier molecular flexibility index (Phi) is 5.80. The number of carbonyl (C=O) groups is 1. The Balaban J connectivity index is 0.00000225. The lowest BCUT2D eigenvalue weighted by molar-refractivity contribution is 0.0996. The molecule has 0 spiro atoms. The van der Waals surface area contributed by atoms with Gasteiger partial charge in [0.15, 0.2) is 10.9 Å². The molecule has 8 heteroatoms. The van der Waals surface area contributed by atoms with E-state index in [2.05, 4.69) is 10.3 Å². The van der Waals surface area contributed by atoms with Gasteiger partial charge in [-0.25, -0.2) is 4.39 Å². The molecule has 1 atom stereocenters. The second-order valence-corrected chi connectivity index (χ2v) is 7.02. The van der Waals surface area contributed by atoms with Gasteiger partial charge in [-0.15, -0.1) is 12.4 Å². The number of amides is 1. The average Bonchev–Trinajstić information content (AvgIpc) is 2.95. The largest absolute Gasteiger partial charge is 0.459 e. The predicted molar refractivity (Wildman–Crippen MR) is 101 cm³/mol. The van der Waals surface area contributed by atoms with Crippen molar-refractivity contribution in [1.82, 2.24) is 0 Å². The zero-order chi connectivity index (χ0) is 17.3. The second kappa shape index (κ2) is 7.49. The molecule has 25 heavy (non-hydrogen) atoms. The van der Waals surface area contributed by atoms with Gasteiger partial charge >= 0.3 is 0 Å². The van der Waals surface area contributed by atoms with E-state index >= 15 is 0 Å².